The van der Waals surface area contributed by atoms with Gasteiger partial charge in [-0.3, -0.25) is 0 Å². The van der Waals surface area contributed by atoms with Gasteiger partial charge in [-0.15, -0.1) is 11.3 Å². The zero-order valence-corrected chi connectivity index (χ0v) is 15.3. The molecule has 7 heteroatoms. The van der Waals surface area contributed by atoms with E-state index in [4.69, 9.17) is 0 Å². The summed E-state index contributed by atoms with van der Waals surface area (Å²) < 4.78 is 2.02. The summed E-state index contributed by atoms with van der Waals surface area (Å²) in [5.41, 5.74) is 0. The number of anilines is 2. The number of nitrogens with one attached hydrogen (secondary N) is 1. The highest BCUT2D eigenvalue weighted by Crippen LogP contribution is 2.27. The second kappa shape index (κ2) is 7.38. The van der Waals surface area contributed by atoms with Gasteiger partial charge in [-0.05, 0) is 44.3 Å². The van der Waals surface area contributed by atoms with Gasteiger partial charge in [-0.25, -0.2) is 4.98 Å². The Labute approximate surface area is 139 Å². The van der Waals surface area contributed by atoms with Gasteiger partial charge in [0.2, 0.25) is 5.95 Å². The highest BCUT2D eigenvalue weighted by Gasteiger charge is 2.11. The molecule has 2 aromatic rings. The van der Waals surface area contributed by atoms with Crippen LogP contribution in [0.15, 0.2) is 26.6 Å². The Morgan fingerprint density at radius 2 is 2.20 bits per heavy atom. The second-order valence-electron chi connectivity index (χ2n) is 4.38. The van der Waals surface area contributed by atoms with Gasteiger partial charge in [0.15, 0.2) is 0 Å². The van der Waals surface area contributed by atoms with Crippen molar-refractivity contribution in [3.05, 3.63) is 31.5 Å². The molecule has 108 valence electrons. The summed E-state index contributed by atoms with van der Waals surface area (Å²) >= 11 is 8.73. The van der Waals surface area contributed by atoms with Crippen molar-refractivity contribution in [1.82, 2.24) is 9.97 Å². The number of rotatable bonds is 6. The molecule has 0 bridgehead atoms. The van der Waals surface area contributed by atoms with Crippen LogP contribution in [0, 0.1) is 0 Å². The molecule has 0 fully saturated rings. The largest absolute Gasteiger partial charge is 0.354 e. The third-order valence-corrected chi connectivity index (χ3v) is 4.88. The first kappa shape index (κ1) is 15.7. The Balaban J connectivity index is 2.13. The first-order chi connectivity index (χ1) is 9.60. The number of nitrogens with zero attached hydrogens (tertiary/aromatic N) is 3. The standard InChI is InChI=1S/C13H16Br2N4S/c1-3-4-16-13-17-6-11(15)12(18-13)19(2)7-10-5-9(14)8-20-10/h5-6,8H,3-4,7H2,1-2H3,(H,16,17,18). The maximum Gasteiger partial charge on any atom is 0.224 e. The average Bonchev–Trinajstić information content (AvgIpc) is 2.83. The summed E-state index contributed by atoms with van der Waals surface area (Å²) in [6.45, 7) is 3.81. The molecule has 0 amide bonds. The number of hydrogen-bond donors (Lipinski definition) is 1. The van der Waals surface area contributed by atoms with E-state index in [2.05, 4.69) is 70.4 Å². The van der Waals surface area contributed by atoms with Crippen LogP contribution in [0.2, 0.25) is 0 Å². The van der Waals surface area contributed by atoms with Crippen LogP contribution in [0.5, 0.6) is 0 Å². The van der Waals surface area contributed by atoms with Crippen molar-refractivity contribution in [1.29, 1.82) is 0 Å². The number of aromatic nitrogens is 2. The van der Waals surface area contributed by atoms with Crippen LogP contribution in [-0.2, 0) is 6.54 Å². The summed E-state index contributed by atoms with van der Waals surface area (Å²) in [6, 6.07) is 2.13. The van der Waals surface area contributed by atoms with Crippen molar-refractivity contribution in [2.45, 2.75) is 19.9 Å². The molecular weight excluding hydrogens is 404 g/mol. The van der Waals surface area contributed by atoms with E-state index in [0.717, 1.165) is 34.3 Å². The lowest BCUT2D eigenvalue weighted by molar-refractivity contribution is 0.890. The van der Waals surface area contributed by atoms with Crippen LogP contribution >= 0.6 is 43.2 Å². The van der Waals surface area contributed by atoms with Crippen LogP contribution in [0.4, 0.5) is 11.8 Å². The van der Waals surface area contributed by atoms with Gasteiger partial charge in [0.05, 0.1) is 11.0 Å². The van der Waals surface area contributed by atoms with Crippen molar-refractivity contribution in [2.24, 2.45) is 0 Å². The molecule has 0 saturated heterocycles. The molecule has 0 aliphatic heterocycles. The Morgan fingerprint density at radius 1 is 1.40 bits per heavy atom. The monoisotopic (exact) mass is 418 g/mol. The van der Waals surface area contributed by atoms with E-state index in [1.54, 1.807) is 17.5 Å². The SMILES string of the molecule is CCCNc1ncc(Br)c(N(C)Cc2cc(Br)cs2)n1. The maximum atomic E-state index is 4.56. The lowest BCUT2D eigenvalue weighted by Crippen LogP contribution is -2.18. The van der Waals surface area contributed by atoms with Gasteiger partial charge in [-0.2, -0.15) is 4.98 Å². The quantitative estimate of drug-likeness (QED) is 0.747. The molecule has 2 rings (SSSR count). The molecule has 20 heavy (non-hydrogen) atoms. The summed E-state index contributed by atoms with van der Waals surface area (Å²) in [5.74, 6) is 1.56. The predicted molar refractivity (Wildman–Crippen MR) is 92.6 cm³/mol. The third-order valence-electron chi connectivity index (χ3n) is 2.64. The minimum atomic E-state index is 0.671. The molecule has 0 atom stereocenters. The molecule has 0 aromatic carbocycles. The molecule has 0 radical (unpaired) electrons. The van der Waals surface area contributed by atoms with E-state index in [1.807, 2.05) is 7.05 Å². The van der Waals surface area contributed by atoms with Crippen molar-refractivity contribution < 1.29 is 0 Å². The number of hydrogen-bond acceptors (Lipinski definition) is 5. The molecule has 0 saturated carbocycles. The second-order valence-corrected chi connectivity index (χ2v) is 7.15. The zero-order valence-electron chi connectivity index (χ0n) is 11.4. The average molecular weight is 420 g/mol. The predicted octanol–water partition coefficient (Wildman–Crippen LogP) is 4.52. The van der Waals surface area contributed by atoms with Crippen LogP contribution in [0.1, 0.15) is 18.2 Å². The fourth-order valence-electron chi connectivity index (χ4n) is 1.69. The van der Waals surface area contributed by atoms with E-state index in [1.165, 1.54) is 4.88 Å². The topological polar surface area (TPSA) is 41.1 Å². The Kier molecular flexibility index (Phi) is 5.80. The van der Waals surface area contributed by atoms with Gasteiger partial charge in [0.25, 0.3) is 0 Å². The van der Waals surface area contributed by atoms with Gasteiger partial charge < -0.3 is 10.2 Å². The van der Waals surface area contributed by atoms with Crippen LogP contribution < -0.4 is 10.2 Å². The number of halogens is 2. The Bertz CT molecular complexity index is 573. The molecule has 0 aliphatic rings. The van der Waals surface area contributed by atoms with Crippen molar-refractivity contribution in [3.63, 3.8) is 0 Å². The molecular formula is C13H16Br2N4S. The zero-order chi connectivity index (χ0) is 14.5. The molecule has 1 N–H and O–H groups in total. The minimum Gasteiger partial charge on any atom is -0.354 e. The van der Waals surface area contributed by atoms with Crippen molar-refractivity contribution >= 4 is 55.0 Å². The van der Waals surface area contributed by atoms with Crippen molar-refractivity contribution in [2.75, 3.05) is 23.8 Å². The van der Waals surface area contributed by atoms with E-state index >= 15 is 0 Å². The molecule has 0 aliphatic carbocycles. The summed E-state index contributed by atoms with van der Waals surface area (Å²) in [4.78, 5) is 12.2. The maximum absolute atomic E-state index is 4.56. The highest BCUT2D eigenvalue weighted by atomic mass is 79.9. The summed E-state index contributed by atoms with van der Waals surface area (Å²) in [7, 11) is 2.03. The third kappa shape index (κ3) is 4.17. The fourth-order valence-corrected chi connectivity index (χ4v) is 3.69. The van der Waals surface area contributed by atoms with Crippen LogP contribution in [-0.4, -0.2) is 23.6 Å². The van der Waals surface area contributed by atoms with Gasteiger partial charge >= 0.3 is 0 Å². The smallest absolute Gasteiger partial charge is 0.224 e. The fraction of sp³-hybridized carbons (Fsp3) is 0.385. The molecule has 4 nitrogen and oxygen atoms in total. The van der Waals surface area contributed by atoms with Crippen LogP contribution in [0.3, 0.4) is 0 Å². The lowest BCUT2D eigenvalue weighted by Gasteiger charge is -2.19. The molecule has 0 spiro atoms. The molecule has 2 aromatic heterocycles. The lowest BCUT2D eigenvalue weighted by atomic mass is 10.4. The van der Waals surface area contributed by atoms with E-state index in [0.29, 0.717) is 5.95 Å². The van der Waals surface area contributed by atoms with E-state index in [-0.39, 0.29) is 0 Å². The Morgan fingerprint density at radius 3 is 2.85 bits per heavy atom. The minimum absolute atomic E-state index is 0.671. The van der Waals surface area contributed by atoms with Crippen molar-refractivity contribution in [3.8, 4) is 0 Å². The highest BCUT2D eigenvalue weighted by molar-refractivity contribution is 9.10. The van der Waals surface area contributed by atoms with Gasteiger partial charge in [0.1, 0.15) is 5.82 Å². The first-order valence-electron chi connectivity index (χ1n) is 6.30. The van der Waals surface area contributed by atoms with Gasteiger partial charge in [0, 0.05) is 34.5 Å². The van der Waals surface area contributed by atoms with Gasteiger partial charge in [-0.1, -0.05) is 6.92 Å². The summed E-state index contributed by atoms with van der Waals surface area (Å²) in [5, 5.41) is 5.30. The normalized spacial score (nSPS) is 10.6. The molecule has 0 unspecified atom stereocenters. The van der Waals surface area contributed by atoms with E-state index in [9.17, 15) is 0 Å². The van der Waals surface area contributed by atoms with Crippen LogP contribution in [0.25, 0.3) is 0 Å². The molecule has 2 heterocycles. The Hall–Kier alpha value is -0.660. The van der Waals surface area contributed by atoms with E-state index < -0.39 is 0 Å². The first-order valence-corrected chi connectivity index (χ1v) is 8.77. The number of thiophene rings is 1. The summed E-state index contributed by atoms with van der Waals surface area (Å²) in [6.07, 6.45) is 2.84.